The Balaban J connectivity index is 1.83. The average Bonchev–Trinajstić information content (AvgIpc) is 2.51. The average molecular weight is 254 g/mol. The molecule has 0 spiro atoms. The van der Waals surface area contributed by atoms with Crippen LogP contribution in [-0.2, 0) is 0 Å². The van der Waals surface area contributed by atoms with Gasteiger partial charge in [-0.2, -0.15) is 0 Å². The minimum absolute atomic E-state index is 0.812. The molecule has 0 bridgehead atoms. The molecular formula is C19H26. The van der Waals surface area contributed by atoms with E-state index in [4.69, 9.17) is 0 Å². The fraction of sp³-hybridized carbons (Fsp3) is 0.579. The van der Waals surface area contributed by atoms with Gasteiger partial charge in [-0.1, -0.05) is 61.7 Å². The van der Waals surface area contributed by atoms with Crippen molar-refractivity contribution in [2.45, 2.75) is 57.3 Å². The van der Waals surface area contributed by atoms with Gasteiger partial charge >= 0.3 is 0 Å². The zero-order chi connectivity index (χ0) is 12.9. The van der Waals surface area contributed by atoms with Crippen LogP contribution in [0, 0.1) is 11.8 Å². The summed E-state index contributed by atoms with van der Waals surface area (Å²) < 4.78 is 0. The van der Waals surface area contributed by atoms with Crippen LogP contribution in [0.25, 0.3) is 0 Å². The van der Waals surface area contributed by atoms with Crippen LogP contribution in [-0.4, -0.2) is 0 Å². The van der Waals surface area contributed by atoms with Crippen molar-refractivity contribution in [1.29, 1.82) is 0 Å². The molecule has 0 radical (unpaired) electrons. The summed E-state index contributed by atoms with van der Waals surface area (Å²) in [5.41, 5.74) is 1.61. The van der Waals surface area contributed by atoms with Crippen molar-refractivity contribution in [1.82, 2.24) is 0 Å². The van der Waals surface area contributed by atoms with Crippen LogP contribution in [0.5, 0.6) is 0 Å². The molecule has 1 fully saturated rings. The second-order valence-electron chi connectivity index (χ2n) is 6.38. The van der Waals surface area contributed by atoms with Crippen LogP contribution in [0.2, 0.25) is 0 Å². The zero-order valence-corrected chi connectivity index (χ0v) is 11.9. The van der Waals surface area contributed by atoms with Crippen molar-refractivity contribution in [3.8, 4) is 0 Å². The topological polar surface area (TPSA) is 0 Å². The summed E-state index contributed by atoms with van der Waals surface area (Å²) in [5.74, 6) is 2.63. The Morgan fingerprint density at radius 2 is 1.58 bits per heavy atom. The van der Waals surface area contributed by atoms with Gasteiger partial charge in [0.25, 0.3) is 0 Å². The third-order valence-electron chi connectivity index (χ3n) is 5.16. The molecule has 0 nitrogen and oxygen atoms in total. The third-order valence-corrected chi connectivity index (χ3v) is 5.16. The first kappa shape index (κ1) is 13.0. The van der Waals surface area contributed by atoms with E-state index >= 15 is 0 Å². The van der Waals surface area contributed by atoms with Crippen molar-refractivity contribution >= 4 is 0 Å². The molecule has 2 aliphatic carbocycles. The molecule has 3 rings (SSSR count). The lowest BCUT2D eigenvalue weighted by atomic mass is 9.68. The highest BCUT2D eigenvalue weighted by Gasteiger charge is 2.31. The molecule has 1 aromatic rings. The number of allylic oxidation sites excluding steroid dienone is 2. The fourth-order valence-electron chi connectivity index (χ4n) is 4.24. The van der Waals surface area contributed by atoms with E-state index in [-0.39, 0.29) is 0 Å². The highest BCUT2D eigenvalue weighted by Crippen LogP contribution is 2.44. The highest BCUT2D eigenvalue weighted by atomic mass is 14.4. The molecule has 102 valence electrons. The van der Waals surface area contributed by atoms with Crippen molar-refractivity contribution in [3.63, 3.8) is 0 Å². The number of benzene rings is 1. The molecular weight excluding hydrogens is 228 g/mol. The van der Waals surface area contributed by atoms with Crippen LogP contribution in [0.3, 0.4) is 0 Å². The standard InChI is InChI=1S/C19H26/c1-4-10-16(11-5-1)19(17-12-6-2-7-13-17)18-14-8-3-9-15-18/h1-2,4-6,10-11,17-19H,3,7-9,12-15H2. The van der Waals surface area contributed by atoms with Crippen LogP contribution in [0.1, 0.15) is 62.8 Å². The minimum atomic E-state index is 0.812. The van der Waals surface area contributed by atoms with Gasteiger partial charge in [0.05, 0.1) is 0 Å². The van der Waals surface area contributed by atoms with E-state index in [1.807, 2.05) is 0 Å². The van der Waals surface area contributed by atoms with Crippen molar-refractivity contribution in [2.75, 3.05) is 0 Å². The Morgan fingerprint density at radius 3 is 2.26 bits per heavy atom. The quantitative estimate of drug-likeness (QED) is 0.606. The highest BCUT2D eigenvalue weighted by molar-refractivity contribution is 5.22. The minimum Gasteiger partial charge on any atom is -0.0885 e. The second kappa shape index (κ2) is 6.41. The molecule has 1 saturated carbocycles. The Kier molecular flexibility index (Phi) is 4.37. The summed E-state index contributed by atoms with van der Waals surface area (Å²) in [6, 6.07) is 11.4. The van der Waals surface area contributed by atoms with Gasteiger partial charge in [0.1, 0.15) is 0 Å². The molecule has 19 heavy (non-hydrogen) atoms. The Bertz CT molecular complexity index is 397. The van der Waals surface area contributed by atoms with E-state index in [2.05, 4.69) is 42.5 Å². The van der Waals surface area contributed by atoms with E-state index in [1.165, 1.54) is 51.4 Å². The SMILES string of the molecule is C1=CCC(C(c2ccccc2)C2CCCCC2)CC1. The van der Waals surface area contributed by atoms with Crippen LogP contribution < -0.4 is 0 Å². The van der Waals surface area contributed by atoms with Crippen LogP contribution in [0.15, 0.2) is 42.5 Å². The van der Waals surface area contributed by atoms with E-state index in [1.54, 1.807) is 5.56 Å². The van der Waals surface area contributed by atoms with Crippen molar-refractivity contribution in [3.05, 3.63) is 48.0 Å². The molecule has 0 heterocycles. The van der Waals surface area contributed by atoms with Gasteiger partial charge in [0, 0.05) is 0 Å². The molecule has 0 N–H and O–H groups in total. The zero-order valence-electron chi connectivity index (χ0n) is 11.9. The number of rotatable bonds is 3. The van der Waals surface area contributed by atoms with E-state index in [9.17, 15) is 0 Å². The predicted octanol–water partition coefficient (Wildman–Crippen LogP) is 5.71. The van der Waals surface area contributed by atoms with Gasteiger partial charge in [-0.05, 0) is 55.4 Å². The smallest absolute Gasteiger partial charge is 0.0102 e. The molecule has 0 aliphatic heterocycles. The fourth-order valence-corrected chi connectivity index (χ4v) is 4.24. The van der Waals surface area contributed by atoms with Gasteiger partial charge in [-0.25, -0.2) is 0 Å². The summed E-state index contributed by atoms with van der Waals surface area (Å²) in [6.07, 6.45) is 16.1. The molecule has 2 atom stereocenters. The Morgan fingerprint density at radius 1 is 0.789 bits per heavy atom. The van der Waals surface area contributed by atoms with Crippen molar-refractivity contribution in [2.24, 2.45) is 11.8 Å². The van der Waals surface area contributed by atoms with E-state index in [0.717, 1.165) is 17.8 Å². The predicted molar refractivity (Wildman–Crippen MR) is 82.2 cm³/mol. The van der Waals surface area contributed by atoms with Gasteiger partial charge in [0.15, 0.2) is 0 Å². The lowest BCUT2D eigenvalue weighted by molar-refractivity contribution is 0.231. The molecule has 0 aromatic heterocycles. The first-order valence-corrected chi connectivity index (χ1v) is 8.15. The molecule has 0 heteroatoms. The maximum atomic E-state index is 2.42. The molecule has 2 aliphatic rings. The molecule has 2 unspecified atom stereocenters. The maximum absolute atomic E-state index is 2.42. The van der Waals surface area contributed by atoms with Gasteiger partial charge in [-0.15, -0.1) is 0 Å². The summed E-state index contributed by atoms with van der Waals surface area (Å²) in [5, 5.41) is 0. The molecule has 0 saturated heterocycles. The van der Waals surface area contributed by atoms with Gasteiger partial charge in [-0.3, -0.25) is 0 Å². The monoisotopic (exact) mass is 254 g/mol. The summed E-state index contributed by atoms with van der Waals surface area (Å²) >= 11 is 0. The summed E-state index contributed by atoms with van der Waals surface area (Å²) in [6.45, 7) is 0. The third kappa shape index (κ3) is 3.11. The molecule has 0 amide bonds. The second-order valence-corrected chi connectivity index (χ2v) is 6.38. The molecule has 1 aromatic carbocycles. The van der Waals surface area contributed by atoms with Crippen LogP contribution in [0.4, 0.5) is 0 Å². The van der Waals surface area contributed by atoms with Gasteiger partial charge in [0.2, 0.25) is 0 Å². The van der Waals surface area contributed by atoms with E-state index < -0.39 is 0 Å². The first-order valence-electron chi connectivity index (χ1n) is 8.15. The Hall–Kier alpha value is -1.04. The number of hydrogen-bond acceptors (Lipinski definition) is 0. The lowest BCUT2D eigenvalue weighted by Gasteiger charge is -2.37. The first-order chi connectivity index (χ1) is 9.45. The lowest BCUT2D eigenvalue weighted by Crippen LogP contribution is -2.24. The normalized spacial score (nSPS) is 26.2. The van der Waals surface area contributed by atoms with Gasteiger partial charge < -0.3 is 0 Å². The van der Waals surface area contributed by atoms with E-state index in [0.29, 0.717) is 0 Å². The van der Waals surface area contributed by atoms with Crippen LogP contribution >= 0.6 is 0 Å². The summed E-state index contributed by atoms with van der Waals surface area (Å²) in [7, 11) is 0. The Labute approximate surface area is 117 Å². The summed E-state index contributed by atoms with van der Waals surface area (Å²) in [4.78, 5) is 0. The number of hydrogen-bond donors (Lipinski definition) is 0. The largest absolute Gasteiger partial charge is 0.0885 e. The van der Waals surface area contributed by atoms with Crippen molar-refractivity contribution < 1.29 is 0 Å². The maximum Gasteiger partial charge on any atom is -0.0102 e.